The minimum Gasteiger partial charge on any atom is -0.394 e. The highest BCUT2D eigenvalue weighted by molar-refractivity contribution is 5.76. The van der Waals surface area contributed by atoms with Crippen molar-refractivity contribution < 1.29 is 20.1 Å². The van der Waals surface area contributed by atoms with Crippen LogP contribution >= 0.6 is 0 Å². The molecule has 0 bridgehead atoms. The third-order valence-corrected chi connectivity index (χ3v) is 12.1. The Labute approximate surface area is 350 Å². The van der Waals surface area contributed by atoms with E-state index in [0.29, 0.717) is 12.8 Å². The maximum Gasteiger partial charge on any atom is 0.220 e. The molecule has 334 valence electrons. The molecule has 5 heteroatoms. The molecule has 0 aromatic heterocycles. The number of aliphatic hydroxyl groups excluding tert-OH is 3. The number of rotatable bonds is 47. The van der Waals surface area contributed by atoms with E-state index in [9.17, 15) is 20.1 Å². The minimum absolute atomic E-state index is 0.142. The quantitative estimate of drug-likeness (QED) is 0.0365. The molecule has 0 aliphatic rings. The smallest absolute Gasteiger partial charge is 0.220 e. The van der Waals surface area contributed by atoms with Gasteiger partial charge in [0.2, 0.25) is 5.91 Å². The fraction of sp³-hybridized carbons (Fsp3) is 0.941. The zero-order valence-electron chi connectivity index (χ0n) is 38.0. The Kier molecular flexibility index (Phi) is 46.0. The van der Waals surface area contributed by atoms with E-state index in [1.807, 2.05) is 0 Å². The Morgan fingerprint density at radius 2 is 0.714 bits per heavy atom. The minimum atomic E-state index is -1.13. The van der Waals surface area contributed by atoms with E-state index < -0.39 is 18.2 Å². The number of nitrogens with one attached hydrogen (secondary N) is 1. The Morgan fingerprint density at radius 3 is 1.04 bits per heavy atom. The van der Waals surface area contributed by atoms with E-state index in [0.717, 1.165) is 32.1 Å². The van der Waals surface area contributed by atoms with Crippen LogP contribution < -0.4 is 5.32 Å². The van der Waals surface area contributed by atoms with E-state index in [-0.39, 0.29) is 12.5 Å². The van der Waals surface area contributed by atoms with Crippen LogP contribution in [0.3, 0.4) is 0 Å². The monoisotopic (exact) mass is 792 g/mol. The highest BCUT2D eigenvalue weighted by Crippen LogP contribution is 2.17. The summed E-state index contributed by atoms with van der Waals surface area (Å²) in [7, 11) is 0. The lowest BCUT2D eigenvalue weighted by atomic mass is 9.99. The molecule has 1 amide bonds. The summed E-state index contributed by atoms with van der Waals surface area (Å²) < 4.78 is 0. The van der Waals surface area contributed by atoms with Crippen molar-refractivity contribution >= 4 is 5.91 Å². The van der Waals surface area contributed by atoms with Gasteiger partial charge in [-0.25, -0.2) is 0 Å². The number of allylic oxidation sites excluding steroid dienone is 2. The molecule has 0 radical (unpaired) electrons. The summed E-state index contributed by atoms with van der Waals surface area (Å²) in [4.78, 5) is 12.5. The first-order valence-electron chi connectivity index (χ1n) is 25.5. The molecular formula is C51H101NO4. The molecule has 0 aliphatic carbocycles. The van der Waals surface area contributed by atoms with Gasteiger partial charge in [-0.3, -0.25) is 4.79 Å². The van der Waals surface area contributed by atoms with Crippen LogP contribution in [-0.2, 0) is 4.79 Å². The van der Waals surface area contributed by atoms with Gasteiger partial charge in [-0.2, -0.15) is 0 Å². The Hall–Kier alpha value is -0.910. The lowest BCUT2D eigenvalue weighted by Crippen LogP contribution is -2.50. The summed E-state index contributed by atoms with van der Waals surface area (Å²) in [6, 6.07) is -0.807. The predicted molar refractivity (Wildman–Crippen MR) is 245 cm³/mol. The van der Waals surface area contributed by atoms with Gasteiger partial charge in [-0.05, 0) is 38.5 Å². The van der Waals surface area contributed by atoms with E-state index >= 15 is 0 Å². The second kappa shape index (κ2) is 46.8. The fourth-order valence-electron chi connectivity index (χ4n) is 8.16. The number of hydrogen-bond donors (Lipinski definition) is 4. The summed E-state index contributed by atoms with van der Waals surface area (Å²) in [6.45, 7) is 4.21. The highest BCUT2D eigenvalue weighted by Gasteiger charge is 2.26. The van der Waals surface area contributed by atoms with Crippen LogP contribution in [0, 0.1) is 0 Å². The van der Waals surface area contributed by atoms with Gasteiger partial charge in [0.1, 0.15) is 6.10 Å². The molecule has 3 unspecified atom stereocenters. The van der Waals surface area contributed by atoms with Crippen LogP contribution in [0.5, 0.6) is 0 Å². The number of carbonyl (C=O) groups is 1. The number of hydrogen-bond acceptors (Lipinski definition) is 4. The van der Waals surface area contributed by atoms with Crippen molar-refractivity contribution in [1.29, 1.82) is 0 Å². The summed E-state index contributed by atoms with van der Waals surface area (Å²) in [6.07, 6.45) is 56.3. The molecule has 0 rings (SSSR count). The van der Waals surface area contributed by atoms with E-state index in [1.165, 1.54) is 225 Å². The lowest BCUT2D eigenvalue weighted by molar-refractivity contribution is -0.124. The van der Waals surface area contributed by atoms with Crippen LogP contribution in [0.25, 0.3) is 0 Å². The Morgan fingerprint density at radius 1 is 0.429 bits per heavy atom. The first kappa shape index (κ1) is 55.1. The number of carbonyl (C=O) groups excluding carboxylic acids is 1. The van der Waals surface area contributed by atoms with Crippen molar-refractivity contribution in [2.45, 2.75) is 302 Å². The summed E-state index contributed by atoms with van der Waals surface area (Å²) in [5.41, 5.74) is 0. The largest absolute Gasteiger partial charge is 0.394 e. The number of unbranched alkanes of at least 4 members (excludes halogenated alkanes) is 37. The van der Waals surface area contributed by atoms with Gasteiger partial charge in [0.25, 0.3) is 0 Å². The van der Waals surface area contributed by atoms with Crippen molar-refractivity contribution in [1.82, 2.24) is 5.32 Å². The van der Waals surface area contributed by atoms with Crippen molar-refractivity contribution in [3.8, 4) is 0 Å². The van der Waals surface area contributed by atoms with Gasteiger partial charge in [-0.15, -0.1) is 0 Å². The molecule has 0 saturated heterocycles. The second-order valence-electron chi connectivity index (χ2n) is 17.7. The first-order chi connectivity index (χ1) is 27.6. The molecule has 0 aliphatic heterocycles. The van der Waals surface area contributed by atoms with Crippen LogP contribution in [0.1, 0.15) is 284 Å². The Bertz CT molecular complexity index is 788. The molecule has 0 aromatic carbocycles. The van der Waals surface area contributed by atoms with E-state index in [4.69, 9.17) is 0 Å². The fourth-order valence-corrected chi connectivity index (χ4v) is 8.16. The molecule has 4 N–H and O–H groups in total. The maximum absolute atomic E-state index is 12.5. The van der Waals surface area contributed by atoms with Crippen molar-refractivity contribution in [2.24, 2.45) is 0 Å². The average molecular weight is 792 g/mol. The SMILES string of the molecule is CCCCCCCCCCCCCC/C=C\CCCCCCCCCCCCC(=O)NC(CO)C(O)C(O)CCCCCCCCCCCCCCCCCC. The molecular weight excluding hydrogens is 691 g/mol. The average Bonchev–Trinajstić information content (AvgIpc) is 3.20. The molecule has 3 atom stereocenters. The van der Waals surface area contributed by atoms with Crippen molar-refractivity contribution in [3.63, 3.8) is 0 Å². The molecule has 5 nitrogen and oxygen atoms in total. The van der Waals surface area contributed by atoms with Gasteiger partial charge < -0.3 is 20.6 Å². The second-order valence-corrected chi connectivity index (χ2v) is 17.7. The zero-order valence-corrected chi connectivity index (χ0v) is 38.0. The normalized spacial score (nSPS) is 13.4. The van der Waals surface area contributed by atoms with Crippen LogP contribution in [0.2, 0.25) is 0 Å². The van der Waals surface area contributed by atoms with Gasteiger partial charge in [0, 0.05) is 6.42 Å². The number of aliphatic hydroxyl groups is 3. The van der Waals surface area contributed by atoms with Gasteiger partial charge in [0.15, 0.2) is 0 Å². The maximum atomic E-state index is 12.5. The van der Waals surface area contributed by atoms with E-state index in [2.05, 4.69) is 31.3 Å². The molecule has 0 aromatic rings. The summed E-state index contributed by atoms with van der Waals surface area (Å²) in [5, 5.41) is 33.7. The van der Waals surface area contributed by atoms with Crippen LogP contribution in [-0.4, -0.2) is 46.1 Å². The molecule has 0 heterocycles. The molecule has 0 fully saturated rings. The first-order valence-corrected chi connectivity index (χ1v) is 25.5. The van der Waals surface area contributed by atoms with Crippen molar-refractivity contribution in [2.75, 3.05) is 6.61 Å². The van der Waals surface area contributed by atoms with E-state index in [1.54, 1.807) is 0 Å². The van der Waals surface area contributed by atoms with Crippen molar-refractivity contribution in [3.05, 3.63) is 12.2 Å². The zero-order chi connectivity index (χ0) is 40.8. The highest BCUT2D eigenvalue weighted by atomic mass is 16.3. The Balaban J connectivity index is 3.54. The van der Waals surface area contributed by atoms with Gasteiger partial charge in [-0.1, -0.05) is 251 Å². The summed E-state index contributed by atoms with van der Waals surface area (Å²) >= 11 is 0. The molecule has 56 heavy (non-hydrogen) atoms. The third-order valence-electron chi connectivity index (χ3n) is 12.1. The predicted octanol–water partition coefficient (Wildman–Crippen LogP) is 15.2. The van der Waals surface area contributed by atoms with Gasteiger partial charge >= 0.3 is 0 Å². The lowest BCUT2D eigenvalue weighted by Gasteiger charge is -2.26. The van der Waals surface area contributed by atoms with Crippen LogP contribution in [0.15, 0.2) is 12.2 Å². The number of amides is 1. The third kappa shape index (κ3) is 41.3. The molecule has 0 saturated carbocycles. The van der Waals surface area contributed by atoms with Gasteiger partial charge in [0.05, 0.1) is 18.8 Å². The topological polar surface area (TPSA) is 89.8 Å². The van der Waals surface area contributed by atoms with Crippen LogP contribution in [0.4, 0.5) is 0 Å². The standard InChI is InChI=1S/C51H101NO4/c1-3-5-7-9-11-13-15-17-19-21-22-23-24-25-26-27-28-29-30-32-34-36-38-40-42-44-46-50(55)52-48(47-53)51(56)49(54)45-43-41-39-37-35-33-31-20-18-16-14-12-10-8-6-4-2/h25-26,48-49,51,53-54,56H,3-24,27-47H2,1-2H3,(H,52,55)/b26-25-. The molecule has 0 spiro atoms. The summed E-state index contributed by atoms with van der Waals surface area (Å²) in [5.74, 6) is -0.142.